The van der Waals surface area contributed by atoms with Crippen molar-refractivity contribution in [2.75, 3.05) is 16.8 Å². The molecule has 0 saturated carbocycles. The van der Waals surface area contributed by atoms with E-state index in [1.165, 1.54) is 0 Å². The number of hydrogen-bond donors (Lipinski definition) is 2. The summed E-state index contributed by atoms with van der Waals surface area (Å²) in [5, 5.41) is 6.54. The Morgan fingerprint density at radius 2 is 1.94 bits per heavy atom. The van der Waals surface area contributed by atoms with Crippen LogP contribution in [-0.2, 0) is 16.1 Å². The maximum Gasteiger partial charge on any atom is 0.239 e. The lowest BCUT2D eigenvalue weighted by molar-refractivity contribution is -0.121. The summed E-state index contributed by atoms with van der Waals surface area (Å²) in [7, 11) is 0. The molecule has 1 aliphatic carbocycles. The second-order valence-corrected chi connectivity index (χ2v) is 9.65. The number of nitrogens with one attached hydrogen (secondary N) is 2. The molecule has 1 aromatic carbocycles. The highest BCUT2D eigenvalue weighted by molar-refractivity contribution is 6.01. The van der Waals surface area contributed by atoms with Crippen LogP contribution in [-0.4, -0.2) is 23.2 Å². The number of hydrogen-bond acceptors (Lipinski definition) is 6. The Hall–Kier alpha value is -3.87. The van der Waals surface area contributed by atoms with Gasteiger partial charge in [-0.15, -0.1) is 0 Å². The smallest absolute Gasteiger partial charge is 0.239 e. The Bertz CT molecular complexity index is 1230. The molecule has 3 heterocycles. The summed E-state index contributed by atoms with van der Waals surface area (Å²) in [6.07, 6.45) is 6.20. The largest absolute Gasteiger partial charge is 0.467 e. The molecular weight excluding hydrogens is 428 g/mol. The van der Waals surface area contributed by atoms with Crippen molar-refractivity contribution in [3.63, 3.8) is 0 Å². The van der Waals surface area contributed by atoms with Crippen LogP contribution in [0.2, 0.25) is 0 Å². The van der Waals surface area contributed by atoms with Crippen LogP contribution in [0.3, 0.4) is 0 Å². The molecule has 0 fully saturated rings. The number of ketones is 1. The number of para-hydroxylation sites is 2. The number of nitrogens with zero attached hydrogens (tertiary/aromatic N) is 2. The van der Waals surface area contributed by atoms with E-state index in [2.05, 4.69) is 29.5 Å². The zero-order valence-corrected chi connectivity index (χ0v) is 19.4. The molecular formula is C27H28N4O3. The average Bonchev–Trinajstić information content (AvgIpc) is 3.30. The lowest BCUT2D eigenvalue weighted by Gasteiger charge is -2.36. The molecule has 2 N–H and O–H groups in total. The number of fused-ring (bicyclic) bond motifs is 1. The fraction of sp³-hybridized carbons (Fsp3) is 0.296. The number of pyridine rings is 1. The summed E-state index contributed by atoms with van der Waals surface area (Å²) in [5.74, 6) is 0.576. The highest BCUT2D eigenvalue weighted by atomic mass is 16.3. The van der Waals surface area contributed by atoms with Gasteiger partial charge in [0.05, 0.1) is 24.2 Å². The van der Waals surface area contributed by atoms with E-state index in [-0.39, 0.29) is 23.7 Å². The minimum absolute atomic E-state index is 0.0720. The number of Topliss-reactive ketones (excluding diaryl/α,β-unsaturated/α-hetero) is 1. The van der Waals surface area contributed by atoms with Crippen molar-refractivity contribution in [2.24, 2.45) is 5.41 Å². The maximum absolute atomic E-state index is 13.5. The van der Waals surface area contributed by atoms with Crippen molar-refractivity contribution < 1.29 is 14.0 Å². The Kier molecular flexibility index (Phi) is 5.69. The molecule has 2 aromatic heterocycles. The molecule has 0 saturated heterocycles. The van der Waals surface area contributed by atoms with Gasteiger partial charge in [-0.3, -0.25) is 14.6 Å². The summed E-state index contributed by atoms with van der Waals surface area (Å²) in [6, 6.07) is 14.8. The van der Waals surface area contributed by atoms with Crippen molar-refractivity contribution in [3.8, 4) is 0 Å². The summed E-state index contributed by atoms with van der Waals surface area (Å²) in [6.45, 7) is 4.70. The monoisotopic (exact) mass is 456 g/mol. The van der Waals surface area contributed by atoms with Crippen LogP contribution in [0.5, 0.6) is 0 Å². The maximum atomic E-state index is 13.5. The van der Waals surface area contributed by atoms with Crippen molar-refractivity contribution in [3.05, 3.63) is 89.8 Å². The third-order valence-electron chi connectivity index (χ3n) is 6.37. The summed E-state index contributed by atoms with van der Waals surface area (Å²) >= 11 is 0. The van der Waals surface area contributed by atoms with E-state index in [1.54, 1.807) is 18.7 Å². The highest BCUT2D eigenvalue weighted by Crippen LogP contribution is 2.48. The first kappa shape index (κ1) is 21.9. The normalized spacial score (nSPS) is 19.1. The Labute approximate surface area is 198 Å². The standard InChI is InChI=1S/C27H28N4O3/c1-27(2)14-20-25(22(32)15-27)26(23-8-5-13-34-23)31(21-7-4-3-6-19(21)30-20)17-24(33)29-16-18-9-11-28-12-10-18/h3-13,26,30H,14-17H2,1-2H3,(H,29,33)/t26-/m1/s1. The number of aromatic nitrogens is 1. The van der Waals surface area contributed by atoms with E-state index >= 15 is 0 Å². The van der Waals surface area contributed by atoms with Crippen molar-refractivity contribution >= 4 is 23.1 Å². The van der Waals surface area contributed by atoms with Gasteiger partial charge in [0.15, 0.2) is 5.78 Å². The number of furan rings is 1. The van der Waals surface area contributed by atoms with Gasteiger partial charge in [0.1, 0.15) is 11.8 Å². The number of allylic oxidation sites excluding steroid dienone is 1. The molecule has 0 bridgehead atoms. The Morgan fingerprint density at radius 1 is 1.15 bits per heavy atom. The van der Waals surface area contributed by atoms with Crippen LogP contribution in [0.1, 0.15) is 44.1 Å². The van der Waals surface area contributed by atoms with E-state index in [0.717, 1.165) is 29.1 Å². The lowest BCUT2D eigenvalue weighted by atomic mass is 9.74. The summed E-state index contributed by atoms with van der Waals surface area (Å²) in [4.78, 5) is 32.7. The van der Waals surface area contributed by atoms with Crippen molar-refractivity contribution in [1.82, 2.24) is 10.3 Å². The summed E-state index contributed by atoms with van der Waals surface area (Å²) < 4.78 is 5.84. The van der Waals surface area contributed by atoms with Gasteiger partial charge in [-0.1, -0.05) is 26.0 Å². The van der Waals surface area contributed by atoms with Crippen LogP contribution >= 0.6 is 0 Å². The van der Waals surface area contributed by atoms with Crippen LogP contribution in [0, 0.1) is 5.41 Å². The van der Waals surface area contributed by atoms with E-state index in [9.17, 15) is 9.59 Å². The fourth-order valence-corrected chi connectivity index (χ4v) is 4.88. The second-order valence-electron chi connectivity index (χ2n) is 9.65. The minimum Gasteiger partial charge on any atom is -0.467 e. The predicted molar refractivity (Wildman–Crippen MR) is 130 cm³/mol. The molecule has 7 heteroatoms. The quantitative estimate of drug-likeness (QED) is 0.583. The average molecular weight is 457 g/mol. The number of carbonyl (C=O) groups excluding carboxylic acids is 2. The summed E-state index contributed by atoms with van der Waals surface area (Å²) in [5.41, 5.74) is 4.11. The molecule has 1 amide bonds. The molecule has 0 unspecified atom stereocenters. The van der Waals surface area contributed by atoms with Gasteiger partial charge in [0.2, 0.25) is 5.91 Å². The first-order chi connectivity index (χ1) is 16.4. The van der Waals surface area contributed by atoms with E-state index < -0.39 is 6.04 Å². The first-order valence-electron chi connectivity index (χ1n) is 11.5. The van der Waals surface area contributed by atoms with Gasteiger partial charge < -0.3 is 20.0 Å². The van der Waals surface area contributed by atoms with Crippen LogP contribution in [0.4, 0.5) is 11.4 Å². The van der Waals surface area contributed by atoms with Gasteiger partial charge >= 0.3 is 0 Å². The Morgan fingerprint density at radius 3 is 2.71 bits per heavy atom. The highest BCUT2D eigenvalue weighted by Gasteiger charge is 2.42. The Balaban J connectivity index is 1.55. The van der Waals surface area contributed by atoms with Gasteiger partial charge in [0, 0.05) is 36.6 Å². The predicted octanol–water partition coefficient (Wildman–Crippen LogP) is 4.61. The molecule has 0 radical (unpaired) electrons. The molecule has 0 spiro atoms. The van der Waals surface area contributed by atoms with E-state index in [1.807, 2.05) is 53.4 Å². The van der Waals surface area contributed by atoms with Crippen LogP contribution in [0.15, 0.2) is 82.9 Å². The SMILES string of the molecule is CC1(C)CC(=O)C2=C(C1)Nc1ccccc1N(CC(=O)NCc1ccncc1)[C@@H]2c1ccco1. The molecule has 34 heavy (non-hydrogen) atoms. The number of benzene rings is 1. The third-order valence-corrected chi connectivity index (χ3v) is 6.37. The van der Waals surface area contributed by atoms with Crippen molar-refractivity contribution in [1.29, 1.82) is 0 Å². The number of carbonyl (C=O) groups is 2. The molecule has 5 rings (SSSR count). The molecule has 3 aromatic rings. The second kappa shape index (κ2) is 8.82. The molecule has 174 valence electrons. The van der Waals surface area contributed by atoms with Crippen LogP contribution in [0.25, 0.3) is 0 Å². The molecule has 2 aliphatic rings. The van der Waals surface area contributed by atoms with E-state index in [4.69, 9.17) is 4.42 Å². The molecule has 7 nitrogen and oxygen atoms in total. The van der Waals surface area contributed by atoms with Gasteiger partial charge in [-0.2, -0.15) is 0 Å². The fourth-order valence-electron chi connectivity index (χ4n) is 4.88. The van der Waals surface area contributed by atoms with Gasteiger partial charge in [-0.05, 0) is 53.8 Å². The minimum atomic E-state index is -0.503. The first-order valence-corrected chi connectivity index (χ1v) is 11.5. The number of rotatable bonds is 5. The van der Waals surface area contributed by atoms with Gasteiger partial charge in [0.25, 0.3) is 0 Å². The number of anilines is 2. The third kappa shape index (κ3) is 4.33. The van der Waals surface area contributed by atoms with Crippen molar-refractivity contribution in [2.45, 2.75) is 39.3 Å². The van der Waals surface area contributed by atoms with Gasteiger partial charge in [-0.25, -0.2) is 0 Å². The molecule has 1 atom stereocenters. The lowest BCUT2D eigenvalue weighted by Crippen LogP contribution is -2.41. The zero-order valence-electron chi connectivity index (χ0n) is 19.4. The topological polar surface area (TPSA) is 87.5 Å². The van der Waals surface area contributed by atoms with Crippen LogP contribution < -0.4 is 15.5 Å². The zero-order chi connectivity index (χ0) is 23.7. The number of amides is 1. The molecule has 1 aliphatic heterocycles. The van der Waals surface area contributed by atoms with E-state index in [0.29, 0.717) is 24.3 Å².